The average molecular weight is 358 g/mol. The molecule has 0 spiro atoms. The number of benzene rings is 1. The monoisotopic (exact) mass is 358 g/mol. The van der Waals surface area contributed by atoms with Crippen molar-refractivity contribution in [3.05, 3.63) is 41.0 Å². The predicted octanol–water partition coefficient (Wildman–Crippen LogP) is 1.29. The number of cyclic esters (lactones) is 2. The van der Waals surface area contributed by atoms with Crippen molar-refractivity contribution in [1.29, 1.82) is 0 Å². The number of carbonyl (C=O) groups is 3. The molecule has 2 fully saturated rings. The van der Waals surface area contributed by atoms with E-state index < -0.39 is 17.7 Å². The highest BCUT2D eigenvalue weighted by atomic mass is 16.7. The Bertz CT molecular complexity index is 754. The zero-order chi connectivity index (χ0) is 18.9. The summed E-state index contributed by atoms with van der Waals surface area (Å²) in [5, 5.41) is 0. The number of ether oxygens (including phenoxy) is 2. The van der Waals surface area contributed by atoms with E-state index in [1.165, 1.54) is 19.9 Å². The molecular weight excluding hydrogens is 336 g/mol. The molecule has 0 aliphatic carbocycles. The molecule has 26 heavy (non-hydrogen) atoms. The van der Waals surface area contributed by atoms with Crippen molar-refractivity contribution < 1.29 is 23.9 Å². The van der Waals surface area contributed by atoms with Crippen molar-refractivity contribution in [2.24, 2.45) is 0 Å². The first kappa shape index (κ1) is 18.1. The van der Waals surface area contributed by atoms with Crippen LogP contribution in [-0.2, 0) is 19.1 Å². The molecule has 7 heteroatoms. The fraction of sp³-hybridized carbons (Fsp3) is 0.421. The Morgan fingerprint density at radius 2 is 1.62 bits per heavy atom. The molecule has 0 unspecified atom stereocenters. The Morgan fingerprint density at radius 3 is 2.23 bits per heavy atom. The van der Waals surface area contributed by atoms with Gasteiger partial charge in [0.05, 0.1) is 0 Å². The molecule has 138 valence electrons. The highest BCUT2D eigenvalue weighted by Gasteiger charge is 2.39. The van der Waals surface area contributed by atoms with Crippen LogP contribution in [0, 0.1) is 0 Å². The van der Waals surface area contributed by atoms with Crippen LogP contribution in [0.5, 0.6) is 0 Å². The quantitative estimate of drug-likeness (QED) is 0.451. The number of nitrogens with zero attached hydrogens (tertiary/aromatic N) is 2. The molecule has 2 aliphatic rings. The van der Waals surface area contributed by atoms with Crippen LogP contribution in [-0.4, -0.2) is 66.7 Å². The zero-order valence-electron chi connectivity index (χ0n) is 15.2. The van der Waals surface area contributed by atoms with Crippen molar-refractivity contribution in [1.82, 2.24) is 9.80 Å². The van der Waals surface area contributed by atoms with Crippen molar-refractivity contribution in [2.75, 3.05) is 33.2 Å². The standard InChI is InChI=1S/C19H22N2O5/c1-19(2)25-17(23)15(18(24)26-19)12-13-6-4-5-7-14(13)16(22)21-10-8-20(3)9-11-21/h4-7,12H,8-11H2,1-3H3. The van der Waals surface area contributed by atoms with E-state index in [1.54, 1.807) is 29.2 Å². The van der Waals surface area contributed by atoms with Crippen LogP contribution in [0.15, 0.2) is 29.8 Å². The van der Waals surface area contributed by atoms with Crippen molar-refractivity contribution in [3.63, 3.8) is 0 Å². The molecule has 0 aromatic heterocycles. The number of esters is 2. The number of amides is 1. The van der Waals surface area contributed by atoms with Crippen LogP contribution >= 0.6 is 0 Å². The summed E-state index contributed by atoms with van der Waals surface area (Å²) in [6.45, 7) is 5.87. The maximum atomic E-state index is 12.9. The Kier molecular flexibility index (Phi) is 4.82. The number of carbonyl (C=O) groups excluding carboxylic acids is 3. The summed E-state index contributed by atoms with van der Waals surface area (Å²) < 4.78 is 10.2. The summed E-state index contributed by atoms with van der Waals surface area (Å²) in [7, 11) is 2.02. The summed E-state index contributed by atoms with van der Waals surface area (Å²) in [5.41, 5.74) is 0.706. The third-order valence-corrected chi connectivity index (χ3v) is 4.40. The van der Waals surface area contributed by atoms with Gasteiger partial charge in [-0.3, -0.25) is 4.79 Å². The Morgan fingerprint density at radius 1 is 1.04 bits per heavy atom. The van der Waals surface area contributed by atoms with Gasteiger partial charge in [-0.25, -0.2) is 9.59 Å². The molecule has 0 atom stereocenters. The Labute approximate surface area is 152 Å². The predicted molar refractivity (Wildman–Crippen MR) is 94.1 cm³/mol. The fourth-order valence-corrected chi connectivity index (χ4v) is 2.93. The summed E-state index contributed by atoms with van der Waals surface area (Å²) in [6, 6.07) is 6.88. The smallest absolute Gasteiger partial charge is 0.348 e. The number of piperazine rings is 1. The molecular formula is C19H22N2O5. The molecule has 0 bridgehead atoms. The van der Waals surface area contributed by atoms with Crippen LogP contribution in [0.1, 0.15) is 29.8 Å². The van der Waals surface area contributed by atoms with Crippen LogP contribution in [0.2, 0.25) is 0 Å². The van der Waals surface area contributed by atoms with E-state index >= 15 is 0 Å². The van der Waals surface area contributed by atoms with Crippen molar-refractivity contribution >= 4 is 23.9 Å². The van der Waals surface area contributed by atoms with E-state index in [1.807, 2.05) is 7.05 Å². The third kappa shape index (κ3) is 3.77. The van der Waals surface area contributed by atoms with Crippen LogP contribution in [0.4, 0.5) is 0 Å². The highest BCUT2D eigenvalue weighted by Crippen LogP contribution is 2.25. The van der Waals surface area contributed by atoms with Gasteiger partial charge in [0.25, 0.3) is 11.7 Å². The topological polar surface area (TPSA) is 76.2 Å². The van der Waals surface area contributed by atoms with Crippen LogP contribution in [0.25, 0.3) is 6.08 Å². The molecule has 2 saturated heterocycles. The number of hydrogen-bond donors (Lipinski definition) is 0. The lowest BCUT2D eigenvalue weighted by Gasteiger charge is -2.33. The van der Waals surface area contributed by atoms with Gasteiger partial charge in [0, 0.05) is 45.6 Å². The van der Waals surface area contributed by atoms with Crippen molar-refractivity contribution in [2.45, 2.75) is 19.6 Å². The lowest BCUT2D eigenvalue weighted by atomic mass is 10.0. The van der Waals surface area contributed by atoms with E-state index in [0.717, 1.165) is 13.1 Å². The minimum Gasteiger partial charge on any atom is -0.419 e. The van der Waals surface area contributed by atoms with Gasteiger partial charge in [-0.2, -0.15) is 0 Å². The van der Waals surface area contributed by atoms with Gasteiger partial charge in [0.2, 0.25) is 0 Å². The molecule has 0 saturated carbocycles. The summed E-state index contributed by atoms with van der Waals surface area (Å²) in [5.74, 6) is -2.93. The van der Waals surface area contributed by atoms with Gasteiger partial charge in [0.1, 0.15) is 5.57 Å². The Balaban J connectivity index is 1.89. The minimum absolute atomic E-state index is 0.122. The Hall–Kier alpha value is -2.67. The van der Waals surface area contributed by atoms with E-state index in [9.17, 15) is 14.4 Å². The fourth-order valence-electron chi connectivity index (χ4n) is 2.93. The van der Waals surface area contributed by atoms with Crippen LogP contribution < -0.4 is 0 Å². The number of likely N-dealkylation sites (N-methyl/N-ethyl adjacent to an activating group) is 1. The normalized spacial score (nSPS) is 20.4. The van der Waals surface area contributed by atoms with Crippen molar-refractivity contribution in [3.8, 4) is 0 Å². The van der Waals surface area contributed by atoms with E-state index in [0.29, 0.717) is 24.2 Å². The summed E-state index contributed by atoms with van der Waals surface area (Å²) in [4.78, 5) is 41.1. The first-order valence-electron chi connectivity index (χ1n) is 8.52. The third-order valence-electron chi connectivity index (χ3n) is 4.40. The molecule has 2 heterocycles. The highest BCUT2D eigenvalue weighted by molar-refractivity contribution is 6.19. The summed E-state index contributed by atoms with van der Waals surface area (Å²) in [6.07, 6.45) is 1.36. The molecule has 1 aromatic rings. The van der Waals surface area contributed by atoms with Gasteiger partial charge in [-0.05, 0) is 24.8 Å². The van der Waals surface area contributed by atoms with E-state index in [-0.39, 0.29) is 11.5 Å². The zero-order valence-corrected chi connectivity index (χ0v) is 15.2. The SMILES string of the molecule is CN1CCN(C(=O)c2ccccc2C=C2C(=O)OC(C)(C)OC2=O)CC1. The molecule has 1 aromatic carbocycles. The van der Waals surface area contributed by atoms with Gasteiger partial charge < -0.3 is 19.3 Å². The van der Waals surface area contributed by atoms with Crippen LogP contribution in [0.3, 0.4) is 0 Å². The molecule has 1 amide bonds. The van der Waals surface area contributed by atoms with E-state index in [4.69, 9.17) is 9.47 Å². The minimum atomic E-state index is -1.29. The largest absolute Gasteiger partial charge is 0.419 e. The van der Waals surface area contributed by atoms with Gasteiger partial charge in [-0.1, -0.05) is 18.2 Å². The average Bonchev–Trinajstić information content (AvgIpc) is 2.58. The second-order valence-corrected chi connectivity index (χ2v) is 6.92. The molecule has 7 nitrogen and oxygen atoms in total. The number of hydrogen-bond acceptors (Lipinski definition) is 6. The molecule has 0 N–H and O–H groups in total. The lowest BCUT2D eigenvalue weighted by Crippen LogP contribution is -2.47. The lowest BCUT2D eigenvalue weighted by molar-refractivity contribution is -0.222. The summed E-state index contributed by atoms with van der Waals surface area (Å²) >= 11 is 0. The second-order valence-electron chi connectivity index (χ2n) is 6.92. The maximum absolute atomic E-state index is 12.9. The molecule has 3 rings (SSSR count). The van der Waals surface area contributed by atoms with Gasteiger partial charge in [-0.15, -0.1) is 0 Å². The maximum Gasteiger partial charge on any atom is 0.348 e. The molecule has 2 aliphatic heterocycles. The first-order valence-corrected chi connectivity index (χ1v) is 8.52. The van der Waals surface area contributed by atoms with E-state index in [2.05, 4.69) is 4.90 Å². The van der Waals surface area contributed by atoms with Gasteiger partial charge in [0.15, 0.2) is 0 Å². The second kappa shape index (κ2) is 6.92. The first-order chi connectivity index (χ1) is 12.3. The molecule has 0 radical (unpaired) electrons. The van der Waals surface area contributed by atoms with Gasteiger partial charge >= 0.3 is 11.9 Å². The number of rotatable bonds is 2.